The maximum atomic E-state index is 11.9. The average Bonchev–Trinajstić information content (AvgIpc) is 2.29. The molecule has 18 heavy (non-hydrogen) atoms. The van der Waals surface area contributed by atoms with Crippen LogP contribution >= 0.6 is 15.9 Å². The molecule has 0 saturated carbocycles. The van der Waals surface area contributed by atoms with Gasteiger partial charge in [-0.2, -0.15) is 5.26 Å². The van der Waals surface area contributed by atoms with E-state index in [-0.39, 0.29) is 17.9 Å². The second kappa shape index (κ2) is 6.55. The topological polar surface area (TPSA) is 52.9 Å². The highest BCUT2D eigenvalue weighted by Crippen LogP contribution is 2.18. The molecule has 0 radical (unpaired) electrons. The number of carbonyl (C=O) groups is 1. The summed E-state index contributed by atoms with van der Waals surface area (Å²) in [5.74, 6) is -0.780. The summed E-state index contributed by atoms with van der Waals surface area (Å²) in [5, 5.41) is 11.8. The van der Waals surface area contributed by atoms with Gasteiger partial charge in [0.25, 0.3) is 0 Å². The zero-order chi connectivity index (χ0) is 13.7. The van der Waals surface area contributed by atoms with Crippen LogP contribution in [0.3, 0.4) is 0 Å². The lowest BCUT2D eigenvalue weighted by Crippen LogP contribution is -2.34. The number of benzene rings is 1. The summed E-state index contributed by atoms with van der Waals surface area (Å²) in [7, 11) is 0. The van der Waals surface area contributed by atoms with Gasteiger partial charge in [-0.15, -0.1) is 0 Å². The fraction of sp³-hybridized carbons (Fsp3) is 0.429. The van der Waals surface area contributed by atoms with Crippen molar-refractivity contribution in [2.24, 2.45) is 11.8 Å². The highest BCUT2D eigenvalue weighted by molar-refractivity contribution is 9.10. The standard InChI is InChI=1S/C14H17BrN2O/c1-9(2)13(8-16)14(18)17-10(3)11-4-6-12(15)7-5-11/h4-7,9-10,13H,1-3H3,(H,17,18)/t10-,13?/m0/s1. The molecule has 0 saturated heterocycles. The number of amides is 1. The SMILES string of the molecule is CC(C)C(C#N)C(=O)N[C@@H](C)c1ccc(Br)cc1. The highest BCUT2D eigenvalue weighted by atomic mass is 79.9. The maximum Gasteiger partial charge on any atom is 0.238 e. The molecule has 96 valence electrons. The largest absolute Gasteiger partial charge is 0.348 e. The Bertz CT molecular complexity index is 448. The highest BCUT2D eigenvalue weighted by Gasteiger charge is 2.23. The fourth-order valence-corrected chi connectivity index (χ4v) is 1.91. The minimum Gasteiger partial charge on any atom is -0.348 e. The van der Waals surface area contributed by atoms with Gasteiger partial charge in [0.2, 0.25) is 5.91 Å². The summed E-state index contributed by atoms with van der Waals surface area (Å²) in [6.45, 7) is 5.66. The van der Waals surface area contributed by atoms with Crippen LogP contribution < -0.4 is 5.32 Å². The summed E-state index contributed by atoms with van der Waals surface area (Å²) in [4.78, 5) is 11.9. The lowest BCUT2D eigenvalue weighted by molar-refractivity contribution is -0.125. The van der Waals surface area contributed by atoms with Crippen molar-refractivity contribution in [1.29, 1.82) is 5.26 Å². The lowest BCUT2D eigenvalue weighted by Gasteiger charge is -2.18. The zero-order valence-electron chi connectivity index (χ0n) is 10.8. The van der Waals surface area contributed by atoms with E-state index in [2.05, 4.69) is 21.2 Å². The van der Waals surface area contributed by atoms with E-state index >= 15 is 0 Å². The van der Waals surface area contributed by atoms with Crippen molar-refractivity contribution < 1.29 is 4.79 Å². The van der Waals surface area contributed by atoms with Gasteiger partial charge in [0.15, 0.2) is 0 Å². The molecule has 2 atom stereocenters. The Morgan fingerprint density at radius 1 is 1.28 bits per heavy atom. The van der Waals surface area contributed by atoms with Crippen LogP contribution in [-0.4, -0.2) is 5.91 Å². The Morgan fingerprint density at radius 3 is 2.28 bits per heavy atom. The van der Waals surface area contributed by atoms with E-state index in [1.807, 2.05) is 51.1 Å². The first-order valence-corrected chi connectivity index (χ1v) is 6.70. The molecule has 1 aromatic carbocycles. The molecule has 0 aliphatic rings. The molecule has 1 aromatic rings. The Balaban J connectivity index is 2.70. The summed E-state index contributed by atoms with van der Waals surface area (Å²) < 4.78 is 1.00. The monoisotopic (exact) mass is 308 g/mol. The molecule has 1 unspecified atom stereocenters. The first-order valence-electron chi connectivity index (χ1n) is 5.91. The predicted octanol–water partition coefficient (Wildman–Crippen LogP) is 3.42. The molecule has 1 amide bonds. The smallest absolute Gasteiger partial charge is 0.238 e. The number of hydrogen-bond donors (Lipinski definition) is 1. The Morgan fingerprint density at radius 2 is 1.83 bits per heavy atom. The van der Waals surface area contributed by atoms with Crippen molar-refractivity contribution in [3.8, 4) is 6.07 Å². The minimum absolute atomic E-state index is 0.0205. The summed E-state index contributed by atoms with van der Waals surface area (Å²) in [5.41, 5.74) is 1.02. The van der Waals surface area contributed by atoms with Gasteiger partial charge in [0.05, 0.1) is 12.1 Å². The lowest BCUT2D eigenvalue weighted by atomic mass is 9.96. The fourth-order valence-electron chi connectivity index (χ4n) is 1.65. The molecule has 0 heterocycles. The third kappa shape index (κ3) is 3.85. The van der Waals surface area contributed by atoms with Gasteiger partial charge in [0.1, 0.15) is 5.92 Å². The number of rotatable bonds is 4. The zero-order valence-corrected chi connectivity index (χ0v) is 12.4. The maximum absolute atomic E-state index is 11.9. The van der Waals surface area contributed by atoms with Crippen LogP contribution in [0.5, 0.6) is 0 Å². The van der Waals surface area contributed by atoms with Crippen molar-refractivity contribution in [2.45, 2.75) is 26.8 Å². The van der Waals surface area contributed by atoms with Crippen molar-refractivity contribution in [2.75, 3.05) is 0 Å². The molecule has 1 rings (SSSR count). The van der Waals surface area contributed by atoms with Crippen LogP contribution in [0.25, 0.3) is 0 Å². The van der Waals surface area contributed by atoms with Gasteiger partial charge in [0, 0.05) is 4.47 Å². The number of hydrogen-bond acceptors (Lipinski definition) is 2. The van der Waals surface area contributed by atoms with Crippen LogP contribution in [0, 0.1) is 23.2 Å². The van der Waals surface area contributed by atoms with Crippen molar-refractivity contribution in [3.05, 3.63) is 34.3 Å². The molecule has 0 aliphatic heterocycles. The van der Waals surface area contributed by atoms with Crippen molar-refractivity contribution in [1.82, 2.24) is 5.32 Å². The quantitative estimate of drug-likeness (QED) is 0.926. The number of carbonyl (C=O) groups excluding carboxylic acids is 1. The molecule has 0 spiro atoms. The van der Waals surface area contributed by atoms with Crippen molar-refractivity contribution >= 4 is 21.8 Å². The van der Waals surface area contributed by atoms with E-state index in [9.17, 15) is 4.79 Å². The minimum atomic E-state index is -0.595. The van der Waals surface area contributed by atoms with Gasteiger partial charge >= 0.3 is 0 Å². The number of nitriles is 1. The van der Waals surface area contributed by atoms with Crippen LogP contribution in [0.2, 0.25) is 0 Å². The summed E-state index contributed by atoms with van der Waals surface area (Å²) >= 11 is 3.37. The van der Waals surface area contributed by atoms with E-state index in [1.54, 1.807) is 0 Å². The van der Waals surface area contributed by atoms with Crippen molar-refractivity contribution in [3.63, 3.8) is 0 Å². The van der Waals surface area contributed by atoms with E-state index in [0.29, 0.717) is 0 Å². The van der Waals surface area contributed by atoms with Crippen LogP contribution in [0.15, 0.2) is 28.7 Å². The van der Waals surface area contributed by atoms with E-state index < -0.39 is 5.92 Å². The number of halogens is 1. The predicted molar refractivity (Wildman–Crippen MR) is 74.6 cm³/mol. The average molecular weight is 309 g/mol. The van der Waals surface area contributed by atoms with E-state index in [1.165, 1.54) is 0 Å². The van der Waals surface area contributed by atoms with Crippen LogP contribution in [-0.2, 0) is 4.79 Å². The molecule has 0 fully saturated rings. The van der Waals surface area contributed by atoms with Gasteiger partial charge in [-0.1, -0.05) is 41.9 Å². The molecular weight excluding hydrogens is 292 g/mol. The molecule has 0 aliphatic carbocycles. The van der Waals surface area contributed by atoms with Gasteiger partial charge in [-0.05, 0) is 30.5 Å². The van der Waals surface area contributed by atoms with E-state index in [0.717, 1.165) is 10.0 Å². The van der Waals surface area contributed by atoms with Gasteiger partial charge < -0.3 is 5.32 Å². The number of nitrogens with one attached hydrogen (secondary N) is 1. The summed E-state index contributed by atoms with van der Waals surface area (Å²) in [6.07, 6.45) is 0. The molecule has 0 aromatic heterocycles. The molecule has 4 heteroatoms. The Hall–Kier alpha value is -1.34. The van der Waals surface area contributed by atoms with Gasteiger partial charge in [-0.25, -0.2) is 0 Å². The molecule has 1 N–H and O–H groups in total. The Kier molecular flexibility index (Phi) is 5.36. The normalized spacial score (nSPS) is 13.8. The number of nitrogens with zero attached hydrogens (tertiary/aromatic N) is 1. The third-order valence-electron chi connectivity index (χ3n) is 2.82. The van der Waals surface area contributed by atoms with Crippen LogP contribution in [0.1, 0.15) is 32.4 Å². The molecule has 3 nitrogen and oxygen atoms in total. The molecular formula is C14H17BrN2O. The first kappa shape index (κ1) is 14.7. The second-order valence-corrected chi connectivity index (χ2v) is 5.55. The summed E-state index contributed by atoms with van der Waals surface area (Å²) in [6, 6.07) is 9.72. The Labute approximate surface area is 116 Å². The first-order chi connectivity index (χ1) is 8.45. The van der Waals surface area contributed by atoms with E-state index in [4.69, 9.17) is 5.26 Å². The van der Waals surface area contributed by atoms with Gasteiger partial charge in [-0.3, -0.25) is 4.79 Å². The second-order valence-electron chi connectivity index (χ2n) is 4.63. The molecule has 0 bridgehead atoms. The van der Waals surface area contributed by atoms with Crippen LogP contribution in [0.4, 0.5) is 0 Å². The third-order valence-corrected chi connectivity index (χ3v) is 3.35.